The SMILES string of the molecule is CC(C)(CCNC(=O)c1cc2c(cc1F)NC(=O)CC2)C(=O)O. The maximum absolute atomic E-state index is 14.0. The largest absolute Gasteiger partial charge is 0.481 e. The fourth-order valence-corrected chi connectivity index (χ4v) is 2.27. The normalized spacial score (nSPS) is 14.0. The minimum atomic E-state index is -0.966. The third-order valence-corrected chi connectivity index (χ3v) is 3.95. The van der Waals surface area contributed by atoms with Gasteiger partial charge in [0, 0.05) is 18.7 Å². The van der Waals surface area contributed by atoms with Crippen molar-refractivity contribution < 1.29 is 23.9 Å². The fourth-order valence-electron chi connectivity index (χ4n) is 2.27. The van der Waals surface area contributed by atoms with Gasteiger partial charge >= 0.3 is 5.97 Å². The monoisotopic (exact) mass is 322 g/mol. The minimum absolute atomic E-state index is 0.104. The minimum Gasteiger partial charge on any atom is -0.481 e. The number of halogens is 1. The van der Waals surface area contributed by atoms with E-state index in [0.29, 0.717) is 24.1 Å². The van der Waals surface area contributed by atoms with E-state index in [9.17, 15) is 18.8 Å². The Morgan fingerprint density at radius 1 is 1.35 bits per heavy atom. The van der Waals surface area contributed by atoms with Gasteiger partial charge in [-0.25, -0.2) is 4.39 Å². The van der Waals surface area contributed by atoms with E-state index < -0.39 is 23.1 Å². The van der Waals surface area contributed by atoms with Crippen LogP contribution >= 0.6 is 0 Å². The molecule has 2 amide bonds. The van der Waals surface area contributed by atoms with Crippen LogP contribution in [0.4, 0.5) is 10.1 Å². The van der Waals surface area contributed by atoms with E-state index in [1.807, 2.05) is 0 Å². The Bertz CT molecular complexity index is 670. The third kappa shape index (κ3) is 3.85. The molecular formula is C16H19FN2O4. The standard InChI is InChI=1S/C16H19FN2O4/c1-16(2,15(22)23)5-6-18-14(21)10-7-9-3-4-13(20)19-12(9)8-11(10)17/h7-8H,3-6H2,1-2H3,(H,18,21)(H,19,20)(H,22,23). The van der Waals surface area contributed by atoms with E-state index in [1.54, 1.807) is 13.8 Å². The van der Waals surface area contributed by atoms with Gasteiger partial charge in [0.15, 0.2) is 0 Å². The molecule has 1 aromatic rings. The molecule has 124 valence electrons. The van der Waals surface area contributed by atoms with Crippen LogP contribution in [0.15, 0.2) is 12.1 Å². The van der Waals surface area contributed by atoms with Gasteiger partial charge in [0.25, 0.3) is 5.91 Å². The summed E-state index contributed by atoms with van der Waals surface area (Å²) in [5.41, 5.74) is 0.0312. The molecule has 1 aliphatic heterocycles. The predicted octanol–water partition coefficient (Wildman–Crippen LogP) is 1.94. The van der Waals surface area contributed by atoms with E-state index in [0.717, 1.165) is 6.07 Å². The van der Waals surface area contributed by atoms with Gasteiger partial charge in [-0.1, -0.05) is 0 Å². The van der Waals surface area contributed by atoms with E-state index >= 15 is 0 Å². The Kier molecular flexibility index (Phi) is 4.68. The third-order valence-electron chi connectivity index (χ3n) is 3.95. The number of carboxylic acid groups (broad SMARTS) is 1. The second kappa shape index (κ2) is 6.36. The number of benzene rings is 1. The zero-order valence-corrected chi connectivity index (χ0v) is 13.0. The van der Waals surface area contributed by atoms with Crippen molar-refractivity contribution in [2.45, 2.75) is 33.1 Å². The first-order chi connectivity index (χ1) is 10.7. The number of aliphatic carboxylic acids is 1. The molecule has 2 rings (SSSR count). The molecule has 6 nitrogen and oxygen atoms in total. The molecular weight excluding hydrogens is 303 g/mol. The highest BCUT2D eigenvalue weighted by molar-refractivity contribution is 5.98. The van der Waals surface area contributed by atoms with Gasteiger partial charge in [-0.15, -0.1) is 0 Å². The molecule has 0 spiro atoms. The van der Waals surface area contributed by atoms with Gasteiger partial charge in [0.2, 0.25) is 5.91 Å². The lowest BCUT2D eigenvalue weighted by Crippen LogP contribution is -2.32. The number of amides is 2. The van der Waals surface area contributed by atoms with Crippen molar-refractivity contribution in [1.82, 2.24) is 5.32 Å². The number of rotatable bonds is 5. The second-order valence-corrected chi connectivity index (χ2v) is 6.23. The van der Waals surface area contributed by atoms with Crippen LogP contribution in [0.3, 0.4) is 0 Å². The smallest absolute Gasteiger partial charge is 0.309 e. The highest BCUT2D eigenvalue weighted by Crippen LogP contribution is 2.26. The summed E-state index contributed by atoms with van der Waals surface area (Å²) in [6, 6.07) is 2.57. The molecule has 0 atom stereocenters. The molecule has 0 aromatic heterocycles. The van der Waals surface area contributed by atoms with E-state index in [2.05, 4.69) is 10.6 Å². The Morgan fingerprint density at radius 2 is 2.04 bits per heavy atom. The first kappa shape index (κ1) is 16.9. The number of nitrogens with one attached hydrogen (secondary N) is 2. The molecule has 0 saturated heterocycles. The quantitative estimate of drug-likeness (QED) is 0.772. The molecule has 0 unspecified atom stereocenters. The first-order valence-electron chi connectivity index (χ1n) is 7.34. The van der Waals surface area contributed by atoms with Gasteiger partial charge in [-0.3, -0.25) is 14.4 Å². The average Bonchev–Trinajstić information content (AvgIpc) is 2.45. The summed E-state index contributed by atoms with van der Waals surface area (Å²) >= 11 is 0. The number of carbonyl (C=O) groups excluding carboxylic acids is 2. The van der Waals surface area contributed by atoms with Crippen LogP contribution in [-0.2, 0) is 16.0 Å². The molecule has 0 fully saturated rings. The van der Waals surface area contributed by atoms with Crippen molar-refractivity contribution >= 4 is 23.5 Å². The molecule has 7 heteroatoms. The summed E-state index contributed by atoms with van der Waals surface area (Å²) in [6.45, 7) is 3.25. The number of hydrogen-bond donors (Lipinski definition) is 3. The number of anilines is 1. The summed E-state index contributed by atoms with van der Waals surface area (Å²) in [5.74, 6) is -2.45. The molecule has 23 heavy (non-hydrogen) atoms. The summed E-state index contributed by atoms with van der Waals surface area (Å²) < 4.78 is 14.0. The van der Waals surface area contributed by atoms with E-state index in [1.165, 1.54) is 6.07 Å². The number of fused-ring (bicyclic) bond motifs is 1. The molecule has 1 aliphatic rings. The summed E-state index contributed by atoms with van der Waals surface area (Å²) in [6.07, 6.45) is 0.983. The molecule has 1 heterocycles. The first-order valence-corrected chi connectivity index (χ1v) is 7.34. The average molecular weight is 322 g/mol. The Balaban J connectivity index is 2.06. The van der Waals surface area contributed by atoms with Crippen LogP contribution in [0.1, 0.15) is 42.6 Å². The lowest BCUT2D eigenvalue weighted by Gasteiger charge is -2.20. The van der Waals surface area contributed by atoms with Crippen LogP contribution in [0.2, 0.25) is 0 Å². The van der Waals surface area contributed by atoms with Gasteiger partial charge in [0.05, 0.1) is 11.0 Å². The highest BCUT2D eigenvalue weighted by atomic mass is 19.1. The summed E-state index contributed by atoms with van der Waals surface area (Å²) in [4.78, 5) is 34.4. The molecule has 0 aliphatic carbocycles. The van der Waals surface area contributed by atoms with Crippen LogP contribution in [0, 0.1) is 11.2 Å². The predicted molar refractivity (Wildman–Crippen MR) is 81.7 cm³/mol. The van der Waals surface area contributed by atoms with Crippen molar-refractivity contribution in [3.05, 3.63) is 29.1 Å². The van der Waals surface area contributed by atoms with Crippen molar-refractivity contribution in [2.24, 2.45) is 5.41 Å². The summed E-state index contributed by atoms with van der Waals surface area (Å²) in [5, 5.41) is 14.1. The number of hydrogen-bond acceptors (Lipinski definition) is 3. The van der Waals surface area contributed by atoms with Gasteiger partial charge in [-0.2, -0.15) is 0 Å². The highest BCUT2D eigenvalue weighted by Gasteiger charge is 2.27. The second-order valence-electron chi connectivity index (χ2n) is 6.23. The topological polar surface area (TPSA) is 95.5 Å². The van der Waals surface area contributed by atoms with Crippen LogP contribution in [-0.4, -0.2) is 29.4 Å². The number of carboxylic acids is 1. The molecule has 1 aromatic carbocycles. The van der Waals surface area contributed by atoms with Crippen molar-refractivity contribution in [3.8, 4) is 0 Å². The van der Waals surface area contributed by atoms with Gasteiger partial charge in [0.1, 0.15) is 5.82 Å². The van der Waals surface area contributed by atoms with E-state index in [4.69, 9.17) is 5.11 Å². The van der Waals surface area contributed by atoms with Crippen molar-refractivity contribution in [2.75, 3.05) is 11.9 Å². The summed E-state index contributed by atoms with van der Waals surface area (Å²) in [7, 11) is 0. The molecule has 3 N–H and O–H groups in total. The molecule has 0 radical (unpaired) electrons. The number of aryl methyl sites for hydroxylation is 1. The zero-order chi connectivity index (χ0) is 17.2. The lowest BCUT2D eigenvalue weighted by molar-refractivity contribution is -0.147. The Labute approximate surface area is 133 Å². The van der Waals surface area contributed by atoms with Crippen LogP contribution < -0.4 is 10.6 Å². The molecule has 0 bridgehead atoms. The molecule has 0 saturated carbocycles. The van der Waals surface area contributed by atoms with Crippen LogP contribution in [0.5, 0.6) is 0 Å². The maximum atomic E-state index is 14.0. The van der Waals surface area contributed by atoms with E-state index in [-0.39, 0.29) is 24.4 Å². The van der Waals surface area contributed by atoms with Crippen LogP contribution in [0.25, 0.3) is 0 Å². The zero-order valence-electron chi connectivity index (χ0n) is 13.0. The number of carbonyl (C=O) groups is 3. The Hall–Kier alpha value is -2.44. The fraction of sp³-hybridized carbons (Fsp3) is 0.438. The van der Waals surface area contributed by atoms with Gasteiger partial charge < -0.3 is 15.7 Å². The lowest BCUT2D eigenvalue weighted by atomic mass is 9.89. The van der Waals surface area contributed by atoms with Crippen molar-refractivity contribution in [1.29, 1.82) is 0 Å². The maximum Gasteiger partial charge on any atom is 0.309 e. The van der Waals surface area contributed by atoms with Gasteiger partial charge in [-0.05, 0) is 44.4 Å². The van der Waals surface area contributed by atoms with Crippen molar-refractivity contribution in [3.63, 3.8) is 0 Å². The Morgan fingerprint density at radius 3 is 2.70 bits per heavy atom.